The van der Waals surface area contributed by atoms with Crippen LogP contribution >= 0.6 is 0 Å². The average molecular weight is 400 g/mol. The van der Waals surface area contributed by atoms with Crippen LogP contribution in [0.25, 0.3) is 0 Å². The molecule has 0 aliphatic rings. The minimum atomic E-state index is -4.45. The summed E-state index contributed by atoms with van der Waals surface area (Å²) in [5.74, 6) is -3.97. The third kappa shape index (κ3) is 9.06. The van der Waals surface area contributed by atoms with E-state index in [1.165, 1.54) is 6.08 Å². The number of ether oxygens (including phenoxy) is 2. The van der Waals surface area contributed by atoms with Crippen LogP contribution in [0.1, 0.15) is 45.6 Å². The molecule has 2 unspecified atom stereocenters. The highest BCUT2D eigenvalue weighted by molar-refractivity contribution is 5.82. The van der Waals surface area contributed by atoms with Gasteiger partial charge in [0.15, 0.2) is 0 Å². The summed E-state index contributed by atoms with van der Waals surface area (Å²) in [4.78, 5) is 25.1. The molecule has 0 radical (unpaired) electrons. The molecular formula is C21H27F3O4. The minimum Gasteiger partial charge on any atom is -0.461 e. The van der Waals surface area contributed by atoms with Crippen molar-refractivity contribution >= 4 is 11.9 Å². The SMILES string of the molecule is C=CCC(C(=O)OC(C)(C)C)C(CCC(F)(F)F)C(=O)OCc1ccccc1. The summed E-state index contributed by atoms with van der Waals surface area (Å²) in [6, 6.07) is 8.76. The van der Waals surface area contributed by atoms with E-state index in [0.717, 1.165) is 0 Å². The second-order valence-corrected chi connectivity index (χ2v) is 7.52. The third-order valence-corrected chi connectivity index (χ3v) is 3.88. The number of hydrogen-bond donors (Lipinski definition) is 0. The standard InChI is InChI=1S/C21H27F3O4/c1-5-9-16(19(26)28-20(2,3)4)17(12-13-21(22,23)24)18(25)27-14-15-10-7-6-8-11-15/h5-8,10-11,16-17H,1,9,12-14H2,2-4H3. The van der Waals surface area contributed by atoms with Crippen molar-refractivity contribution in [3.05, 3.63) is 48.6 Å². The second-order valence-electron chi connectivity index (χ2n) is 7.52. The van der Waals surface area contributed by atoms with E-state index < -0.39 is 48.4 Å². The van der Waals surface area contributed by atoms with Gasteiger partial charge in [0.05, 0.1) is 11.8 Å². The van der Waals surface area contributed by atoms with E-state index in [4.69, 9.17) is 9.47 Å². The largest absolute Gasteiger partial charge is 0.461 e. The van der Waals surface area contributed by atoms with Gasteiger partial charge in [-0.25, -0.2) is 0 Å². The molecule has 1 aromatic carbocycles. The van der Waals surface area contributed by atoms with Gasteiger partial charge in [-0.1, -0.05) is 36.4 Å². The van der Waals surface area contributed by atoms with Gasteiger partial charge in [0, 0.05) is 6.42 Å². The zero-order valence-corrected chi connectivity index (χ0v) is 16.4. The monoisotopic (exact) mass is 400 g/mol. The molecule has 1 aromatic rings. The minimum absolute atomic E-state index is 0.0118. The van der Waals surface area contributed by atoms with Crippen molar-refractivity contribution < 1.29 is 32.2 Å². The predicted molar refractivity (Wildman–Crippen MR) is 99.2 cm³/mol. The number of benzene rings is 1. The zero-order chi connectivity index (χ0) is 21.4. The average Bonchev–Trinajstić information content (AvgIpc) is 2.57. The molecule has 0 aromatic heterocycles. The fraction of sp³-hybridized carbons (Fsp3) is 0.524. The number of carbonyl (C=O) groups excluding carboxylic acids is 2. The predicted octanol–water partition coefficient (Wildman–Crippen LogP) is 5.22. The fourth-order valence-corrected chi connectivity index (χ4v) is 2.62. The maximum absolute atomic E-state index is 12.8. The molecule has 0 fully saturated rings. The third-order valence-electron chi connectivity index (χ3n) is 3.88. The highest BCUT2D eigenvalue weighted by atomic mass is 19.4. The fourth-order valence-electron chi connectivity index (χ4n) is 2.62. The molecule has 156 valence electrons. The van der Waals surface area contributed by atoms with Gasteiger partial charge in [-0.05, 0) is 39.2 Å². The van der Waals surface area contributed by atoms with Crippen LogP contribution in [0.4, 0.5) is 13.2 Å². The molecule has 0 saturated heterocycles. The molecule has 0 heterocycles. The van der Waals surface area contributed by atoms with Crippen LogP contribution in [0.3, 0.4) is 0 Å². The van der Waals surface area contributed by atoms with Crippen LogP contribution in [-0.2, 0) is 25.7 Å². The Hall–Kier alpha value is -2.31. The molecule has 0 bridgehead atoms. The first-order chi connectivity index (χ1) is 12.9. The Morgan fingerprint density at radius 2 is 1.68 bits per heavy atom. The van der Waals surface area contributed by atoms with Crippen LogP contribution in [-0.4, -0.2) is 23.7 Å². The Kier molecular flexibility index (Phi) is 8.72. The Morgan fingerprint density at radius 3 is 2.18 bits per heavy atom. The second kappa shape index (κ2) is 10.3. The lowest BCUT2D eigenvalue weighted by Gasteiger charge is -2.28. The smallest absolute Gasteiger partial charge is 0.389 e. The van der Waals surface area contributed by atoms with Crippen molar-refractivity contribution in [2.45, 2.75) is 58.4 Å². The molecule has 1 rings (SSSR count). The van der Waals surface area contributed by atoms with Crippen molar-refractivity contribution in [2.24, 2.45) is 11.8 Å². The van der Waals surface area contributed by atoms with Crippen molar-refractivity contribution in [1.82, 2.24) is 0 Å². The lowest BCUT2D eigenvalue weighted by molar-refractivity contribution is -0.172. The van der Waals surface area contributed by atoms with Gasteiger partial charge in [-0.15, -0.1) is 6.58 Å². The summed E-state index contributed by atoms with van der Waals surface area (Å²) < 4.78 is 48.8. The maximum Gasteiger partial charge on any atom is 0.389 e. The molecule has 4 nitrogen and oxygen atoms in total. The first kappa shape index (κ1) is 23.7. The van der Waals surface area contributed by atoms with Crippen molar-refractivity contribution in [3.63, 3.8) is 0 Å². The first-order valence-electron chi connectivity index (χ1n) is 9.04. The van der Waals surface area contributed by atoms with Gasteiger partial charge in [0.2, 0.25) is 0 Å². The van der Waals surface area contributed by atoms with Crippen LogP contribution in [0.2, 0.25) is 0 Å². The number of allylic oxidation sites excluding steroid dienone is 1. The van der Waals surface area contributed by atoms with E-state index in [0.29, 0.717) is 5.56 Å². The highest BCUT2D eigenvalue weighted by Gasteiger charge is 2.39. The van der Waals surface area contributed by atoms with Crippen LogP contribution in [0, 0.1) is 11.8 Å². The van der Waals surface area contributed by atoms with Gasteiger partial charge in [0.25, 0.3) is 0 Å². The van der Waals surface area contributed by atoms with E-state index in [9.17, 15) is 22.8 Å². The Morgan fingerprint density at radius 1 is 1.07 bits per heavy atom. The lowest BCUT2D eigenvalue weighted by atomic mass is 9.85. The number of esters is 2. The summed E-state index contributed by atoms with van der Waals surface area (Å²) in [6.45, 7) is 8.40. The van der Waals surface area contributed by atoms with Gasteiger partial charge < -0.3 is 9.47 Å². The van der Waals surface area contributed by atoms with Crippen LogP contribution < -0.4 is 0 Å². The van der Waals surface area contributed by atoms with E-state index in [2.05, 4.69) is 6.58 Å². The van der Waals surface area contributed by atoms with Crippen molar-refractivity contribution in [1.29, 1.82) is 0 Å². The van der Waals surface area contributed by atoms with E-state index in [-0.39, 0.29) is 13.0 Å². The highest BCUT2D eigenvalue weighted by Crippen LogP contribution is 2.31. The van der Waals surface area contributed by atoms with E-state index in [1.54, 1.807) is 51.1 Å². The molecule has 2 atom stereocenters. The number of carbonyl (C=O) groups is 2. The lowest BCUT2D eigenvalue weighted by Crippen LogP contribution is -2.36. The molecular weight excluding hydrogens is 373 g/mol. The summed E-state index contributed by atoms with van der Waals surface area (Å²) >= 11 is 0. The number of rotatable bonds is 9. The summed E-state index contributed by atoms with van der Waals surface area (Å²) in [6.07, 6.45) is -4.81. The van der Waals surface area contributed by atoms with Gasteiger partial charge >= 0.3 is 18.1 Å². The molecule has 0 aliphatic heterocycles. The van der Waals surface area contributed by atoms with Gasteiger partial charge in [-0.3, -0.25) is 9.59 Å². The molecule has 0 spiro atoms. The first-order valence-corrected chi connectivity index (χ1v) is 9.04. The summed E-state index contributed by atoms with van der Waals surface area (Å²) in [7, 11) is 0. The Labute approximate surface area is 163 Å². The summed E-state index contributed by atoms with van der Waals surface area (Å²) in [5.41, 5.74) is -0.137. The normalized spacial score (nSPS) is 14.1. The van der Waals surface area contributed by atoms with Crippen LogP contribution in [0.15, 0.2) is 43.0 Å². The number of alkyl halides is 3. The molecule has 0 amide bonds. The van der Waals surface area contributed by atoms with Gasteiger partial charge in [-0.2, -0.15) is 13.2 Å². The Balaban J connectivity index is 2.99. The Bertz CT molecular complexity index is 648. The maximum atomic E-state index is 12.8. The van der Waals surface area contributed by atoms with Crippen molar-refractivity contribution in [3.8, 4) is 0 Å². The topological polar surface area (TPSA) is 52.6 Å². The van der Waals surface area contributed by atoms with E-state index >= 15 is 0 Å². The van der Waals surface area contributed by atoms with Crippen molar-refractivity contribution in [2.75, 3.05) is 0 Å². The number of hydrogen-bond acceptors (Lipinski definition) is 4. The molecule has 28 heavy (non-hydrogen) atoms. The van der Waals surface area contributed by atoms with E-state index in [1.807, 2.05) is 0 Å². The van der Waals surface area contributed by atoms with Gasteiger partial charge in [0.1, 0.15) is 12.2 Å². The molecule has 0 aliphatic carbocycles. The molecule has 0 saturated carbocycles. The molecule has 0 N–H and O–H groups in total. The molecule has 7 heteroatoms. The zero-order valence-electron chi connectivity index (χ0n) is 16.4. The quantitative estimate of drug-likeness (QED) is 0.421. The van der Waals surface area contributed by atoms with Crippen LogP contribution in [0.5, 0.6) is 0 Å². The summed E-state index contributed by atoms with van der Waals surface area (Å²) in [5, 5.41) is 0. The number of halogens is 3.